The number of ether oxygens (including phenoxy) is 2. The minimum absolute atomic E-state index is 0.156. The topological polar surface area (TPSA) is 59.9 Å². The molecule has 2 rings (SSSR count). The Kier molecular flexibility index (Phi) is 7.22. The largest absolute Gasteiger partial charge is 0.493 e. The summed E-state index contributed by atoms with van der Waals surface area (Å²) in [6, 6.07) is 15.2. The van der Waals surface area contributed by atoms with Crippen LogP contribution in [0.15, 0.2) is 64.2 Å². The second-order valence-electron chi connectivity index (χ2n) is 5.12. The van der Waals surface area contributed by atoms with Crippen molar-refractivity contribution in [1.82, 2.24) is 5.43 Å². The molecule has 5 nitrogen and oxygen atoms in total. The fraction of sp³-hybridized carbons (Fsp3) is 0.158. The van der Waals surface area contributed by atoms with Gasteiger partial charge in [-0.2, -0.15) is 5.10 Å². The highest BCUT2D eigenvalue weighted by atomic mass is 79.9. The molecule has 0 atom stereocenters. The molecule has 2 aromatic rings. The molecule has 0 heterocycles. The second kappa shape index (κ2) is 9.64. The van der Waals surface area contributed by atoms with Crippen molar-refractivity contribution in [3.8, 4) is 11.5 Å². The van der Waals surface area contributed by atoms with E-state index >= 15 is 0 Å². The van der Waals surface area contributed by atoms with Crippen molar-refractivity contribution in [1.29, 1.82) is 0 Å². The lowest BCUT2D eigenvalue weighted by molar-refractivity contribution is -0.123. The van der Waals surface area contributed by atoms with Gasteiger partial charge >= 0.3 is 0 Å². The number of rotatable bonds is 7. The first-order valence-corrected chi connectivity index (χ1v) is 8.40. The molecule has 130 valence electrons. The maximum atomic E-state index is 11.8. The molecule has 0 aliphatic carbocycles. The smallest absolute Gasteiger partial charge is 0.277 e. The molecule has 0 unspecified atom stereocenters. The van der Waals surface area contributed by atoms with Crippen LogP contribution < -0.4 is 14.9 Å². The van der Waals surface area contributed by atoms with E-state index in [1.54, 1.807) is 26.2 Å². The van der Waals surface area contributed by atoms with Gasteiger partial charge in [0, 0.05) is 4.47 Å². The molecule has 25 heavy (non-hydrogen) atoms. The number of nitrogens with zero attached hydrogens (tertiary/aromatic N) is 1. The van der Waals surface area contributed by atoms with Crippen molar-refractivity contribution in [2.45, 2.75) is 6.92 Å². The van der Waals surface area contributed by atoms with E-state index in [1.165, 1.54) is 0 Å². The van der Waals surface area contributed by atoms with Crippen LogP contribution in [0.25, 0.3) is 6.08 Å². The minimum atomic E-state index is -0.350. The lowest BCUT2D eigenvalue weighted by Gasteiger charge is -2.10. The Balaban J connectivity index is 1.85. The van der Waals surface area contributed by atoms with Crippen molar-refractivity contribution in [3.05, 3.63) is 64.6 Å². The highest BCUT2D eigenvalue weighted by Crippen LogP contribution is 2.29. The maximum absolute atomic E-state index is 11.8. The van der Waals surface area contributed by atoms with Crippen LogP contribution in [0.5, 0.6) is 11.5 Å². The lowest BCUT2D eigenvalue weighted by atomic mass is 10.2. The number of hydrogen-bond acceptors (Lipinski definition) is 4. The summed E-state index contributed by atoms with van der Waals surface area (Å²) in [7, 11) is 1.54. The third kappa shape index (κ3) is 6.43. The molecule has 2 aromatic carbocycles. The highest BCUT2D eigenvalue weighted by Gasteiger charge is 2.07. The van der Waals surface area contributed by atoms with Crippen LogP contribution in [0.2, 0.25) is 0 Å². The van der Waals surface area contributed by atoms with Crippen LogP contribution in [-0.2, 0) is 4.79 Å². The zero-order valence-electron chi connectivity index (χ0n) is 14.0. The van der Waals surface area contributed by atoms with E-state index in [1.807, 2.05) is 48.6 Å². The normalized spacial score (nSPS) is 11.4. The van der Waals surface area contributed by atoms with Crippen molar-refractivity contribution < 1.29 is 14.3 Å². The van der Waals surface area contributed by atoms with Gasteiger partial charge in [-0.05, 0) is 36.8 Å². The number of benzene rings is 2. The predicted octanol–water partition coefficient (Wildman–Crippen LogP) is 4.04. The van der Waals surface area contributed by atoms with Gasteiger partial charge < -0.3 is 9.47 Å². The number of carbonyl (C=O) groups is 1. The molecular formula is C19H19BrN2O3. The van der Waals surface area contributed by atoms with Crippen LogP contribution in [-0.4, -0.2) is 25.3 Å². The number of hydrogen-bond donors (Lipinski definition) is 1. The van der Waals surface area contributed by atoms with E-state index in [0.717, 1.165) is 10.0 Å². The number of carbonyl (C=O) groups excluding carboxylic acids is 1. The summed E-state index contributed by atoms with van der Waals surface area (Å²) in [5.41, 5.74) is 4.20. The molecule has 0 bridgehead atoms. The van der Waals surface area contributed by atoms with Crippen molar-refractivity contribution >= 4 is 33.6 Å². The molecule has 0 aliphatic heterocycles. The average molecular weight is 403 g/mol. The van der Waals surface area contributed by atoms with Gasteiger partial charge in [-0.15, -0.1) is 0 Å². The van der Waals surface area contributed by atoms with Gasteiger partial charge in [-0.25, -0.2) is 5.43 Å². The highest BCUT2D eigenvalue weighted by molar-refractivity contribution is 9.10. The Labute approximate surface area is 155 Å². The summed E-state index contributed by atoms with van der Waals surface area (Å²) in [6.07, 6.45) is 3.75. The number of halogens is 1. The number of methoxy groups -OCH3 is 1. The van der Waals surface area contributed by atoms with E-state index in [2.05, 4.69) is 26.5 Å². The number of allylic oxidation sites excluding steroid dienone is 1. The third-order valence-electron chi connectivity index (χ3n) is 3.16. The Morgan fingerprint density at radius 1 is 1.20 bits per heavy atom. The summed E-state index contributed by atoms with van der Waals surface area (Å²) in [5.74, 6) is 0.690. The van der Waals surface area contributed by atoms with E-state index < -0.39 is 0 Å². The fourth-order valence-electron chi connectivity index (χ4n) is 1.91. The van der Waals surface area contributed by atoms with Gasteiger partial charge in [-0.3, -0.25) is 4.79 Å². The Morgan fingerprint density at radius 3 is 2.68 bits per heavy atom. The monoisotopic (exact) mass is 402 g/mol. The van der Waals surface area contributed by atoms with Gasteiger partial charge in [-0.1, -0.05) is 52.3 Å². The standard InChI is InChI=1S/C19H19BrN2O3/c1-14(8-9-15-6-4-3-5-7-15)21-22-19(23)13-25-17-11-10-16(20)12-18(17)24-2/h3-12H,13H2,1-2H3,(H,22,23)/b9-8+,21-14+. The summed E-state index contributed by atoms with van der Waals surface area (Å²) < 4.78 is 11.5. The van der Waals surface area contributed by atoms with Gasteiger partial charge in [0.05, 0.1) is 12.8 Å². The zero-order chi connectivity index (χ0) is 18.1. The van der Waals surface area contributed by atoms with Crippen molar-refractivity contribution in [3.63, 3.8) is 0 Å². The average Bonchev–Trinajstić information content (AvgIpc) is 2.64. The van der Waals surface area contributed by atoms with Gasteiger partial charge in [0.25, 0.3) is 5.91 Å². The third-order valence-corrected chi connectivity index (χ3v) is 3.65. The van der Waals surface area contributed by atoms with Gasteiger partial charge in [0.2, 0.25) is 0 Å². The minimum Gasteiger partial charge on any atom is -0.493 e. The molecular weight excluding hydrogens is 384 g/mol. The Hall–Kier alpha value is -2.60. The van der Waals surface area contributed by atoms with E-state index in [4.69, 9.17) is 9.47 Å². The Bertz CT molecular complexity index is 773. The zero-order valence-corrected chi connectivity index (χ0v) is 15.6. The number of nitrogens with one attached hydrogen (secondary N) is 1. The molecule has 1 amide bonds. The molecule has 1 N–H and O–H groups in total. The molecule has 0 aromatic heterocycles. The van der Waals surface area contributed by atoms with E-state index in [-0.39, 0.29) is 12.5 Å². The molecule has 0 aliphatic rings. The van der Waals surface area contributed by atoms with Crippen LogP contribution >= 0.6 is 15.9 Å². The Morgan fingerprint density at radius 2 is 1.96 bits per heavy atom. The van der Waals surface area contributed by atoms with Crippen LogP contribution in [0.1, 0.15) is 12.5 Å². The second-order valence-corrected chi connectivity index (χ2v) is 6.03. The predicted molar refractivity (Wildman–Crippen MR) is 103 cm³/mol. The quantitative estimate of drug-likeness (QED) is 0.561. The van der Waals surface area contributed by atoms with Crippen LogP contribution in [0.3, 0.4) is 0 Å². The lowest BCUT2D eigenvalue weighted by Crippen LogP contribution is -2.25. The summed E-state index contributed by atoms with van der Waals surface area (Å²) in [4.78, 5) is 11.8. The van der Waals surface area contributed by atoms with Gasteiger partial charge in [0.1, 0.15) is 0 Å². The van der Waals surface area contributed by atoms with E-state index in [9.17, 15) is 4.79 Å². The maximum Gasteiger partial charge on any atom is 0.277 e. The molecule has 0 spiro atoms. The molecule has 0 fully saturated rings. The first-order chi connectivity index (χ1) is 12.1. The van der Waals surface area contributed by atoms with Crippen LogP contribution in [0.4, 0.5) is 0 Å². The first kappa shape index (κ1) is 18.7. The van der Waals surface area contributed by atoms with Crippen LogP contribution in [0, 0.1) is 0 Å². The molecule has 0 saturated carbocycles. The first-order valence-electron chi connectivity index (χ1n) is 7.61. The summed E-state index contributed by atoms with van der Waals surface area (Å²) in [5, 5.41) is 4.02. The van der Waals surface area contributed by atoms with E-state index in [0.29, 0.717) is 17.2 Å². The van der Waals surface area contributed by atoms with Crippen molar-refractivity contribution in [2.75, 3.05) is 13.7 Å². The molecule has 0 saturated heterocycles. The fourth-order valence-corrected chi connectivity index (χ4v) is 2.25. The summed E-state index contributed by atoms with van der Waals surface area (Å²) >= 11 is 3.35. The number of amides is 1. The number of hydrazone groups is 1. The van der Waals surface area contributed by atoms with Gasteiger partial charge in [0.15, 0.2) is 18.1 Å². The molecule has 0 radical (unpaired) electrons. The van der Waals surface area contributed by atoms with Crippen molar-refractivity contribution in [2.24, 2.45) is 5.10 Å². The molecule has 6 heteroatoms. The SMILES string of the molecule is COc1cc(Br)ccc1OCC(=O)N/N=C(C)/C=C/c1ccccc1. The summed E-state index contributed by atoms with van der Waals surface area (Å²) in [6.45, 7) is 1.65.